The Morgan fingerprint density at radius 1 is 1.16 bits per heavy atom. The zero-order chi connectivity index (χ0) is 23.5. The Morgan fingerprint density at radius 2 is 1.84 bits per heavy atom. The molecule has 3 unspecified atom stereocenters. The van der Waals surface area contributed by atoms with Crippen LogP contribution in [0.1, 0.15) is 43.5 Å². The molecule has 1 heterocycles. The molecular weight excluding hydrogens is 479 g/mol. The maximum absolute atomic E-state index is 13.0. The number of hydrogen-bond donors (Lipinski definition) is 1. The van der Waals surface area contributed by atoms with Crippen LogP contribution in [0.3, 0.4) is 0 Å². The first-order chi connectivity index (χ1) is 15.1. The van der Waals surface area contributed by atoms with Gasteiger partial charge in [-0.3, -0.25) is 4.79 Å². The Kier molecular flexibility index (Phi) is 8.43. The van der Waals surface area contributed by atoms with Crippen LogP contribution >= 0.6 is 23.2 Å². The number of carbonyl (C=O) groups excluding carboxylic acids is 2. The molecule has 1 aliphatic carbocycles. The zero-order valence-electron chi connectivity index (χ0n) is 18.1. The van der Waals surface area contributed by atoms with Crippen molar-refractivity contribution in [1.82, 2.24) is 9.62 Å². The third-order valence-corrected chi connectivity index (χ3v) is 8.89. The first kappa shape index (κ1) is 25.2. The third-order valence-electron chi connectivity index (χ3n) is 6.22. The summed E-state index contributed by atoms with van der Waals surface area (Å²) in [6, 6.07) is 2.33. The van der Waals surface area contributed by atoms with Gasteiger partial charge in [-0.15, -0.1) is 0 Å². The summed E-state index contributed by atoms with van der Waals surface area (Å²) in [6.07, 6.45) is 3.06. The van der Waals surface area contributed by atoms with Gasteiger partial charge in [-0.25, -0.2) is 13.2 Å². The number of morpholine rings is 1. The van der Waals surface area contributed by atoms with Gasteiger partial charge in [0.05, 0.1) is 28.8 Å². The van der Waals surface area contributed by atoms with Crippen molar-refractivity contribution in [2.45, 2.75) is 44.0 Å². The number of benzene rings is 1. The van der Waals surface area contributed by atoms with E-state index >= 15 is 0 Å². The molecule has 32 heavy (non-hydrogen) atoms. The van der Waals surface area contributed by atoms with E-state index in [0.29, 0.717) is 11.8 Å². The Labute approximate surface area is 198 Å². The second-order valence-corrected chi connectivity index (χ2v) is 11.0. The van der Waals surface area contributed by atoms with Crippen LogP contribution in [-0.2, 0) is 24.3 Å². The highest BCUT2D eigenvalue weighted by atomic mass is 35.5. The summed E-state index contributed by atoms with van der Waals surface area (Å²) in [5.74, 6) is -0.459. The first-order valence-electron chi connectivity index (χ1n) is 10.6. The molecule has 2 aliphatic rings. The summed E-state index contributed by atoms with van der Waals surface area (Å²) in [7, 11) is -3.95. The van der Waals surface area contributed by atoms with Gasteiger partial charge in [0.15, 0.2) is 6.61 Å². The highest BCUT2D eigenvalue weighted by molar-refractivity contribution is 7.89. The number of halogens is 2. The second kappa shape index (κ2) is 10.7. The van der Waals surface area contributed by atoms with Crippen LogP contribution in [0.4, 0.5) is 0 Å². The molecule has 3 atom stereocenters. The van der Waals surface area contributed by atoms with Crippen LogP contribution < -0.4 is 5.32 Å². The molecule has 0 bridgehead atoms. The molecule has 1 aromatic rings. The number of amides is 1. The van der Waals surface area contributed by atoms with E-state index in [1.807, 2.05) is 0 Å². The van der Waals surface area contributed by atoms with Crippen molar-refractivity contribution in [2.24, 2.45) is 11.8 Å². The van der Waals surface area contributed by atoms with E-state index in [1.54, 1.807) is 0 Å². The summed E-state index contributed by atoms with van der Waals surface area (Å²) < 4.78 is 37.5. The van der Waals surface area contributed by atoms with Crippen molar-refractivity contribution in [3.63, 3.8) is 0 Å². The van der Waals surface area contributed by atoms with E-state index in [1.165, 1.54) is 10.4 Å². The van der Waals surface area contributed by atoms with Crippen LogP contribution in [0.25, 0.3) is 0 Å². The molecule has 1 amide bonds. The molecule has 1 saturated carbocycles. The van der Waals surface area contributed by atoms with E-state index in [-0.39, 0.29) is 52.8 Å². The van der Waals surface area contributed by atoms with Gasteiger partial charge in [0, 0.05) is 19.1 Å². The predicted molar refractivity (Wildman–Crippen MR) is 120 cm³/mol. The molecule has 3 rings (SSSR count). The summed E-state index contributed by atoms with van der Waals surface area (Å²) in [4.78, 5) is 24.7. The lowest BCUT2D eigenvalue weighted by molar-refractivity contribution is -0.125. The van der Waals surface area contributed by atoms with Crippen molar-refractivity contribution >= 4 is 45.1 Å². The number of carbonyl (C=O) groups is 2. The van der Waals surface area contributed by atoms with E-state index in [9.17, 15) is 18.0 Å². The SMILES string of the molecule is CC1CCCC(NC(=O)COC(=O)c2cc(S(=O)(=O)N3CCOCC3)c(Cl)cc2Cl)C1C. The Morgan fingerprint density at radius 3 is 2.53 bits per heavy atom. The molecule has 8 nitrogen and oxygen atoms in total. The van der Waals surface area contributed by atoms with Gasteiger partial charge in [0.25, 0.3) is 5.91 Å². The van der Waals surface area contributed by atoms with Gasteiger partial charge in [-0.1, -0.05) is 49.9 Å². The normalized spacial score (nSPS) is 24.7. The van der Waals surface area contributed by atoms with Crippen LogP contribution in [0, 0.1) is 11.8 Å². The Balaban J connectivity index is 1.68. The topological polar surface area (TPSA) is 102 Å². The molecule has 1 aliphatic heterocycles. The maximum Gasteiger partial charge on any atom is 0.340 e. The average molecular weight is 507 g/mol. The molecule has 1 N–H and O–H groups in total. The molecular formula is C21H28Cl2N2O6S. The van der Waals surface area contributed by atoms with Gasteiger partial charge in [-0.2, -0.15) is 4.31 Å². The molecule has 1 aromatic carbocycles. The largest absolute Gasteiger partial charge is 0.452 e. The molecule has 1 saturated heterocycles. The second-order valence-electron chi connectivity index (χ2n) is 8.30. The van der Waals surface area contributed by atoms with Gasteiger partial charge in [-0.05, 0) is 30.4 Å². The van der Waals surface area contributed by atoms with Crippen LogP contribution in [0.5, 0.6) is 0 Å². The van der Waals surface area contributed by atoms with Crippen molar-refractivity contribution in [3.8, 4) is 0 Å². The Hall–Kier alpha value is -1.39. The van der Waals surface area contributed by atoms with Crippen molar-refractivity contribution in [3.05, 3.63) is 27.7 Å². The fraction of sp³-hybridized carbons (Fsp3) is 0.619. The number of esters is 1. The molecule has 178 valence electrons. The molecule has 11 heteroatoms. The Bertz CT molecular complexity index is 965. The highest BCUT2D eigenvalue weighted by Crippen LogP contribution is 2.32. The monoisotopic (exact) mass is 506 g/mol. The fourth-order valence-corrected chi connectivity index (χ4v) is 6.29. The first-order valence-corrected chi connectivity index (χ1v) is 12.8. The smallest absolute Gasteiger partial charge is 0.340 e. The van der Waals surface area contributed by atoms with Gasteiger partial charge >= 0.3 is 5.97 Å². The van der Waals surface area contributed by atoms with Gasteiger partial charge < -0.3 is 14.8 Å². The summed E-state index contributed by atoms with van der Waals surface area (Å²) in [6.45, 7) is 4.68. The fourth-order valence-electron chi connectivity index (χ4n) is 4.05. The minimum atomic E-state index is -3.95. The number of nitrogens with zero attached hydrogens (tertiary/aromatic N) is 1. The average Bonchev–Trinajstić information content (AvgIpc) is 2.76. The number of ether oxygens (including phenoxy) is 2. The molecule has 0 radical (unpaired) electrons. The van der Waals surface area contributed by atoms with Gasteiger partial charge in [0.2, 0.25) is 10.0 Å². The summed E-state index contributed by atoms with van der Waals surface area (Å²) >= 11 is 12.3. The maximum atomic E-state index is 13.0. The zero-order valence-corrected chi connectivity index (χ0v) is 20.4. The highest BCUT2D eigenvalue weighted by Gasteiger charge is 2.31. The number of hydrogen-bond acceptors (Lipinski definition) is 6. The number of rotatable bonds is 6. The molecule has 2 fully saturated rings. The number of sulfonamides is 1. The third kappa shape index (κ3) is 5.75. The van der Waals surface area contributed by atoms with Crippen LogP contribution in [-0.4, -0.2) is 63.6 Å². The minimum absolute atomic E-state index is 0.0364. The summed E-state index contributed by atoms with van der Waals surface area (Å²) in [5, 5.41) is 2.76. The van der Waals surface area contributed by atoms with Crippen molar-refractivity contribution in [1.29, 1.82) is 0 Å². The standard InChI is InChI=1S/C21H28Cl2N2O6S/c1-13-4-3-5-18(14(13)2)24-20(26)12-31-21(27)15-10-19(17(23)11-16(15)22)32(28,29)25-6-8-30-9-7-25/h10-11,13-14,18H,3-9,12H2,1-2H3,(H,24,26). The summed E-state index contributed by atoms with van der Waals surface area (Å²) in [5.41, 5.74) is -0.171. The number of nitrogens with one attached hydrogen (secondary N) is 1. The van der Waals surface area contributed by atoms with Gasteiger partial charge in [0.1, 0.15) is 4.90 Å². The van der Waals surface area contributed by atoms with Crippen molar-refractivity contribution in [2.75, 3.05) is 32.9 Å². The van der Waals surface area contributed by atoms with Crippen molar-refractivity contribution < 1.29 is 27.5 Å². The van der Waals surface area contributed by atoms with Crippen LogP contribution in [0.15, 0.2) is 17.0 Å². The minimum Gasteiger partial charge on any atom is -0.452 e. The molecule has 0 spiro atoms. The van der Waals surface area contributed by atoms with E-state index in [4.69, 9.17) is 32.7 Å². The van der Waals surface area contributed by atoms with Crippen LogP contribution in [0.2, 0.25) is 10.0 Å². The quantitative estimate of drug-likeness (QED) is 0.594. The van der Waals surface area contributed by atoms with E-state index in [2.05, 4.69) is 19.2 Å². The lowest BCUT2D eigenvalue weighted by Crippen LogP contribution is -2.45. The lowest BCUT2D eigenvalue weighted by Gasteiger charge is -2.34. The van der Waals surface area contributed by atoms with E-state index in [0.717, 1.165) is 25.3 Å². The lowest BCUT2D eigenvalue weighted by atomic mass is 9.78. The van der Waals surface area contributed by atoms with E-state index < -0.39 is 28.5 Å². The predicted octanol–water partition coefficient (Wildman–Crippen LogP) is 3.11. The molecule has 0 aromatic heterocycles.